The number of imidazole rings is 1. The summed E-state index contributed by atoms with van der Waals surface area (Å²) in [5.41, 5.74) is 1.16. The van der Waals surface area contributed by atoms with Crippen LogP contribution in [-0.4, -0.2) is 15.4 Å². The second-order valence-electron chi connectivity index (χ2n) is 5.13. The zero-order valence-electron chi connectivity index (χ0n) is 11.3. The van der Waals surface area contributed by atoms with E-state index in [0.29, 0.717) is 6.04 Å². The summed E-state index contributed by atoms with van der Waals surface area (Å²) in [6, 6.07) is 7.32. The molecule has 0 aliphatic heterocycles. The number of fused-ring (bicyclic) bond motifs is 1. The van der Waals surface area contributed by atoms with Crippen LogP contribution < -0.4 is 5.32 Å². The van der Waals surface area contributed by atoms with Crippen molar-refractivity contribution in [1.82, 2.24) is 14.7 Å². The first-order valence-corrected chi connectivity index (χ1v) is 8.60. The molecule has 0 saturated heterocycles. The molecule has 0 amide bonds. The van der Waals surface area contributed by atoms with Gasteiger partial charge in [-0.2, -0.15) is 0 Å². The summed E-state index contributed by atoms with van der Waals surface area (Å²) in [5.74, 6) is -0.210. The van der Waals surface area contributed by atoms with Crippen LogP contribution in [-0.2, 0) is 6.54 Å². The standard InChI is InChI=1S/C15H14FN3S2/c16-10-2-1-3-12(8-10)21-14-13(9-17-11-4-5-11)19-6-7-20-15(19)18-14/h1-3,6-8,11,17H,4-5,9H2. The van der Waals surface area contributed by atoms with E-state index in [2.05, 4.69) is 14.7 Å². The van der Waals surface area contributed by atoms with Crippen LogP contribution in [0.4, 0.5) is 4.39 Å². The van der Waals surface area contributed by atoms with E-state index in [4.69, 9.17) is 0 Å². The van der Waals surface area contributed by atoms with E-state index in [0.717, 1.165) is 27.1 Å². The molecule has 6 heteroatoms. The van der Waals surface area contributed by atoms with Crippen LogP contribution in [0, 0.1) is 5.82 Å². The summed E-state index contributed by atoms with van der Waals surface area (Å²) in [7, 11) is 0. The summed E-state index contributed by atoms with van der Waals surface area (Å²) in [4.78, 5) is 6.55. The van der Waals surface area contributed by atoms with Gasteiger partial charge in [-0.25, -0.2) is 9.37 Å². The van der Waals surface area contributed by atoms with Crippen molar-refractivity contribution < 1.29 is 4.39 Å². The number of hydrogen-bond donors (Lipinski definition) is 1. The van der Waals surface area contributed by atoms with Crippen LogP contribution >= 0.6 is 23.1 Å². The molecule has 0 radical (unpaired) electrons. The second kappa shape index (κ2) is 5.44. The maximum absolute atomic E-state index is 13.3. The average Bonchev–Trinajstić information content (AvgIpc) is 3.08. The quantitative estimate of drug-likeness (QED) is 0.772. The monoisotopic (exact) mass is 319 g/mol. The molecule has 0 bridgehead atoms. The van der Waals surface area contributed by atoms with Gasteiger partial charge in [-0.3, -0.25) is 4.40 Å². The van der Waals surface area contributed by atoms with Gasteiger partial charge in [0.2, 0.25) is 0 Å². The van der Waals surface area contributed by atoms with Gasteiger partial charge in [-0.15, -0.1) is 11.3 Å². The highest BCUT2D eigenvalue weighted by Gasteiger charge is 2.22. The zero-order chi connectivity index (χ0) is 14.2. The highest BCUT2D eigenvalue weighted by Crippen LogP contribution is 2.32. The minimum absolute atomic E-state index is 0.210. The van der Waals surface area contributed by atoms with Crippen molar-refractivity contribution in [2.24, 2.45) is 0 Å². The molecule has 1 saturated carbocycles. The SMILES string of the molecule is Fc1cccc(Sc2nc3sccn3c2CNC2CC2)c1. The molecule has 0 spiro atoms. The van der Waals surface area contributed by atoms with Crippen molar-refractivity contribution in [2.75, 3.05) is 0 Å². The van der Waals surface area contributed by atoms with Crippen molar-refractivity contribution in [3.05, 3.63) is 47.4 Å². The van der Waals surface area contributed by atoms with E-state index >= 15 is 0 Å². The highest BCUT2D eigenvalue weighted by molar-refractivity contribution is 7.99. The topological polar surface area (TPSA) is 29.3 Å². The minimum Gasteiger partial charge on any atom is -0.308 e. The number of rotatable bonds is 5. The third kappa shape index (κ3) is 2.84. The fourth-order valence-corrected chi connectivity index (χ4v) is 3.98. The highest BCUT2D eigenvalue weighted by atomic mass is 32.2. The number of nitrogens with one attached hydrogen (secondary N) is 1. The lowest BCUT2D eigenvalue weighted by Crippen LogP contribution is -2.16. The molecule has 3 nitrogen and oxygen atoms in total. The third-order valence-corrected chi connectivity index (χ3v) is 5.24. The Morgan fingerprint density at radius 1 is 1.43 bits per heavy atom. The maximum atomic E-state index is 13.3. The molecule has 1 aliphatic rings. The Balaban J connectivity index is 1.65. The molecular weight excluding hydrogens is 305 g/mol. The lowest BCUT2D eigenvalue weighted by atomic mass is 10.4. The van der Waals surface area contributed by atoms with Gasteiger partial charge in [-0.1, -0.05) is 17.8 Å². The van der Waals surface area contributed by atoms with Gasteiger partial charge in [0.1, 0.15) is 10.8 Å². The fraction of sp³-hybridized carbons (Fsp3) is 0.267. The first kappa shape index (κ1) is 13.3. The first-order valence-electron chi connectivity index (χ1n) is 6.91. The van der Waals surface area contributed by atoms with Crippen molar-refractivity contribution >= 4 is 28.1 Å². The number of nitrogens with zero attached hydrogens (tertiary/aromatic N) is 2. The van der Waals surface area contributed by atoms with Gasteiger partial charge >= 0.3 is 0 Å². The van der Waals surface area contributed by atoms with Crippen LogP contribution in [0.5, 0.6) is 0 Å². The summed E-state index contributed by atoms with van der Waals surface area (Å²) in [6.07, 6.45) is 4.57. The predicted molar refractivity (Wildman–Crippen MR) is 83.5 cm³/mol. The summed E-state index contributed by atoms with van der Waals surface area (Å²) >= 11 is 3.15. The average molecular weight is 319 g/mol. The Labute approximate surface area is 130 Å². The van der Waals surface area contributed by atoms with Gasteiger partial charge < -0.3 is 5.32 Å². The molecule has 1 aliphatic carbocycles. The minimum atomic E-state index is -0.210. The van der Waals surface area contributed by atoms with Crippen LogP contribution in [0.25, 0.3) is 4.96 Å². The van der Waals surface area contributed by atoms with Crippen LogP contribution in [0.1, 0.15) is 18.5 Å². The van der Waals surface area contributed by atoms with Crippen molar-refractivity contribution in [2.45, 2.75) is 35.3 Å². The van der Waals surface area contributed by atoms with Gasteiger partial charge in [-0.05, 0) is 31.0 Å². The summed E-state index contributed by atoms with van der Waals surface area (Å²) in [6.45, 7) is 0.806. The lowest BCUT2D eigenvalue weighted by molar-refractivity contribution is 0.624. The van der Waals surface area contributed by atoms with Crippen LogP contribution in [0.3, 0.4) is 0 Å². The number of halogens is 1. The van der Waals surface area contributed by atoms with Gasteiger partial charge in [0.05, 0.1) is 5.69 Å². The number of benzene rings is 1. The van der Waals surface area contributed by atoms with E-state index in [1.54, 1.807) is 23.5 Å². The largest absolute Gasteiger partial charge is 0.308 e. The van der Waals surface area contributed by atoms with Crippen molar-refractivity contribution in [3.8, 4) is 0 Å². The number of hydrogen-bond acceptors (Lipinski definition) is 4. The molecule has 1 fully saturated rings. The molecule has 1 aromatic carbocycles. The molecule has 2 heterocycles. The molecule has 3 aromatic rings. The second-order valence-corrected chi connectivity index (χ2v) is 7.07. The normalized spacial score (nSPS) is 14.9. The molecule has 0 unspecified atom stereocenters. The van der Waals surface area contributed by atoms with E-state index in [1.807, 2.05) is 17.6 Å². The summed E-state index contributed by atoms with van der Waals surface area (Å²) < 4.78 is 15.5. The summed E-state index contributed by atoms with van der Waals surface area (Å²) in [5, 5.41) is 6.54. The van der Waals surface area contributed by atoms with Crippen LogP contribution in [0.2, 0.25) is 0 Å². The third-order valence-electron chi connectivity index (χ3n) is 3.47. The van der Waals surface area contributed by atoms with E-state index in [-0.39, 0.29) is 5.82 Å². The van der Waals surface area contributed by atoms with Crippen molar-refractivity contribution in [1.29, 1.82) is 0 Å². The zero-order valence-corrected chi connectivity index (χ0v) is 12.9. The first-order chi connectivity index (χ1) is 10.3. The number of thiazole rings is 1. The van der Waals surface area contributed by atoms with Crippen LogP contribution in [0.15, 0.2) is 45.8 Å². The van der Waals surface area contributed by atoms with Gasteiger partial charge in [0.25, 0.3) is 0 Å². The van der Waals surface area contributed by atoms with E-state index in [1.165, 1.54) is 30.7 Å². The molecule has 21 heavy (non-hydrogen) atoms. The Hall–Kier alpha value is -1.37. The molecule has 4 rings (SSSR count). The molecule has 108 valence electrons. The Morgan fingerprint density at radius 3 is 3.14 bits per heavy atom. The Bertz CT molecular complexity index is 776. The lowest BCUT2D eigenvalue weighted by Gasteiger charge is -2.05. The smallest absolute Gasteiger partial charge is 0.194 e. The number of aromatic nitrogens is 2. The van der Waals surface area contributed by atoms with E-state index in [9.17, 15) is 4.39 Å². The molecule has 0 atom stereocenters. The molecule has 2 aromatic heterocycles. The Kier molecular flexibility index (Phi) is 3.45. The predicted octanol–water partition coefficient (Wildman–Crippen LogP) is 3.94. The van der Waals surface area contributed by atoms with Gasteiger partial charge in [0.15, 0.2) is 4.96 Å². The maximum Gasteiger partial charge on any atom is 0.194 e. The Morgan fingerprint density at radius 2 is 2.33 bits per heavy atom. The molecular formula is C15H14FN3S2. The van der Waals surface area contributed by atoms with Gasteiger partial charge in [0, 0.05) is 29.1 Å². The fourth-order valence-electron chi connectivity index (χ4n) is 2.23. The van der Waals surface area contributed by atoms with Crippen molar-refractivity contribution in [3.63, 3.8) is 0 Å². The van der Waals surface area contributed by atoms with E-state index < -0.39 is 0 Å². The molecule has 1 N–H and O–H groups in total.